The molecule has 34 heavy (non-hydrogen) atoms. The van der Waals surface area contributed by atoms with Crippen molar-refractivity contribution in [3.8, 4) is 22.6 Å². The number of alkyl halides is 3. The fourth-order valence-corrected chi connectivity index (χ4v) is 5.19. The zero-order chi connectivity index (χ0) is 24.3. The number of fused-ring (bicyclic) bond motifs is 1. The van der Waals surface area contributed by atoms with Crippen molar-refractivity contribution in [3.63, 3.8) is 0 Å². The average Bonchev–Trinajstić information content (AvgIpc) is 3.49. The minimum atomic E-state index is -5.46. The lowest BCUT2D eigenvalue weighted by Crippen LogP contribution is -2.66. The molecule has 1 aliphatic rings. The second kappa shape index (κ2) is 7.61. The summed E-state index contributed by atoms with van der Waals surface area (Å²) >= 11 is 0. The van der Waals surface area contributed by atoms with Crippen molar-refractivity contribution in [2.24, 2.45) is 7.05 Å². The van der Waals surface area contributed by atoms with Crippen molar-refractivity contribution in [1.29, 1.82) is 0 Å². The van der Waals surface area contributed by atoms with E-state index in [-0.39, 0.29) is 13.0 Å². The second-order valence-corrected chi connectivity index (χ2v) is 10.0. The van der Waals surface area contributed by atoms with Gasteiger partial charge in [-0.25, -0.2) is 18.4 Å². The van der Waals surface area contributed by atoms with Crippen LogP contribution in [0.3, 0.4) is 0 Å². The molecule has 0 saturated carbocycles. The number of rotatable bonds is 6. The molecule has 0 amide bonds. The Bertz CT molecular complexity index is 1470. The van der Waals surface area contributed by atoms with Gasteiger partial charge in [-0.15, -0.1) is 0 Å². The highest BCUT2D eigenvalue weighted by Gasteiger charge is 2.58. The van der Waals surface area contributed by atoms with Crippen LogP contribution in [0.1, 0.15) is 6.42 Å². The van der Waals surface area contributed by atoms with E-state index in [0.717, 1.165) is 5.56 Å². The first-order valence-electron chi connectivity index (χ1n) is 10.1. The van der Waals surface area contributed by atoms with Crippen molar-refractivity contribution in [2.45, 2.75) is 17.5 Å². The molecule has 15 heteroatoms. The molecule has 1 fully saturated rings. The number of sulfonamides is 1. The number of halogens is 3. The Kier molecular flexibility index (Phi) is 5.03. The van der Waals surface area contributed by atoms with Crippen LogP contribution in [0.25, 0.3) is 28.3 Å². The van der Waals surface area contributed by atoms with Crippen LogP contribution < -0.4 is 0 Å². The Labute approximate surface area is 191 Å². The van der Waals surface area contributed by atoms with E-state index in [2.05, 4.69) is 15.2 Å². The second-order valence-electron chi connectivity index (χ2n) is 8.11. The zero-order valence-electron chi connectivity index (χ0n) is 17.8. The smallest absolute Gasteiger partial charge is 0.396 e. The first-order chi connectivity index (χ1) is 16.0. The molecule has 1 aliphatic heterocycles. The number of nitrogens with zero attached hydrogens (tertiary/aromatic N) is 8. The van der Waals surface area contributed by atoms with E-state index in [1.165, 1.54) is 10.9 Å². The lowest BCUT2D eigenvalue weighted by atomic mass is 9.89. The van der Waals surface area contributed by atoms with E-state index in [4.69, 9.17) is 4.98 Å². The van der Waals surface area contributed by atoms with Crippen molar-refractivity contribution < 1.29 is 26.7 Å². The Morgan fingerprint density at radius 2 is 1.88 bits per heavy atom. The lowest BCUT2D eigenvalue weighted by molar-refractivity contribution is -0.0581. The zero-order valence-corrected chi connectivity index (χ0v) is 18.6. The fourth-order valence-electron chi connectivity index (χ4n) is 4.08. The topological polar surface area (TPSA) is 123 Å². The summed E-state index contributed by atoms with van der Waals surface area (Å²) in [7, 11) is -3.68. The monoisotopic (exact) mass is 496 g/mol. The van der Waals surface area contributed by atoms with Crippen LogP contribution in [0.5, 0.6) is 0 Å². The summed E-state index contributed by atoms with van der Waals surface area (Å²) < 4.78 is 67.5. The van der Waals surface area contributed by atoms with E-state index >= 15 is 0 Å². The molecule has 4 aromatic rings. The lowest BCUT2D eigenvalue weighted by Gasteiger charge is -2.48. The third kappa shape index (κ3) is 3.47. The standard InChI is InChI=1S/C19H19F3N8O3S/c1-27-9-13(7-24-27)15-6-16-23-3-4-29(16)17(26-15)14-8-25-30(10-14)18(2-5-31)11-28(12-18)34(32,33)19(20,21)22/h3-4,6-10,31H,2,5,11-12H2,1H3. The van der Waals surface area contributed by atoms with Gasteiger partial charge in [0.1, 0.15) is 11.5 Å². The van der Waals surface area contributed by atoms with Gasteiger partial charge in [0.15, 0.2) is 0 Å². The Morgan fingerprint density at radius 3 is 2.53 bits per heavy atom. The molecule has 180 valence electrons. The molecule has 0 bridgehead atoms. The summed E-state index contributed by atoms with van der Waals surface area (Å²) in [6.45, 7) is -1.27. The first kappa shape index (κ1) is 22.5. The van der Waals surface area contributed by atoms with E-state index in [0.29, 0.717) is 27.0 Å². The van der Waals surface area contributed by atoms with Gasteiger partial charge in [0.25, 0.3) is 0 Å². The van der Waals surface area contributed by atoms with Gasteiger partial charge in [-0.3, -0.25) is 13.8 Å². The van der Waals surface area contributed by atoms with Crippen LogP contribution in [-0.4, -0.2) is 77.0 Å². The highest BCUT2D eigenvalue weighted by molar-refractivity contribution is 7.90. The molecule has 0 atom stereocenters. The molecule has 5 rings (SSSR count). The van der Waals surface area contributed by atoms with Crippen LogP contribution in [0, 0.1) is 0 Å². The van der Waals surface area contributed by atoms with Crippen molar-refractivity contribution in [1.82, 2.24) is 38.2 Å². The maximum absolute atomic E-state index is 12.9. The van der Waals surface area contributed by atoms with Gasteiger partial charge in [0.05, 0.1) is 29.2 Å². The predicted octanol–water partition coefficient (Wildman–Crippen LogP) is 1.24. The molecule has 0 radical (unpaired) electrons. The van der Waals surface area contributed by atoms with Crippen LogP contribution in [0.4, 0.5) is 13.2 Å². The maximum atomic E-state index is 12.9. The van der Waals surface area contributed by atoms with Gasteiger partial charge in [0, 0.05) is 63.2 Å². The SMILES string of the molecule is Cn1cc(-c2cc3nccn3c(-c3cnn(C4(CCO)CN(S(=O)(=O)C(F)(F)F)C4)c3)n2)cn1. The first-order valence-corrected chi connectivity index (χ1v) is 11.5. The van der Waals surface area contributed by atoms with Crippen molar-refractivity contribution in [3.05, 3.63) is 43.2 Å². The number of aromatic nitrogens is 7. The van der Waals surface area contributed by atoms with Gasteiger partial charge < -0.3 is 5.11 Å². The number of aliphatic hydroxyl groups is 1. The molecular weight excluding hydrogens is 477 g/mol. The molecule has 0 spiro atoms. The van der Waals surface area contributed by atoms with Crippen LogP contribution in [0.2, 0.25) is 0 Å². The van der Waals surface area contributed by atoms with Crippen molar-refractivity contribution >= 4 is 15.7 Å². The molecule has 0 aromatic carbocycles. The van der Waals surface area contributed by atoms with Crippen molar-refractivity contribution in [2.75, 3.05) is 19.7 Å². The minimum absolute atomic E-state index is 0.0294. The molecular formula is C19H19F3N8O3S. The maximum Gasteiger partial charge on any atom is 0.511 e. The van der Waals surface area contributed by atoms with Gasteiger partial charge >= 0.3 is 15.5 Å². The molecule has 1 N–H and O–H groups in total. The van der Waals surface area contributed by atoms with Gasteiger partial charge in [0.2, 0.25) is 0 Å². The van der Waals surface area contributed by atoms with Crippen LogP contribution in [-0.2, 0) is 22.6 Å². The Hall–Kier alpha value is -3.30. The molecule has 0 aliphatic carbocycles. The summed E-state index contributed by atoms with van der Waals surface area (Å²) in [6.07, 6.45) is 9.90. The quantitative estimate of drug-likeness (QED) is 0.426. The third-order valence-electron chi connectivity index (χ3n) is 5.87. The number of hydrogen-bond acceptors (Lipinski definition) is 7. The summed E-state index contributed by atoms with van der Waals surface area (Å²) in [5.41, 5.74) is -3.95. The van der Waals surface area contributed by atoms with Crippen LogP contribution >= 0.6 is 0 Å². The van der Waals surface area contributed by atoms with Gasteiger partial charge in [-0.2, -0.15) is 27.7 Å². The van der Waals surface area contributed by atoms with E-state index in [1.807, 2.05) is 0 Å². The van der Waals surface area contributed by atoms with Crippen LogP contribution in [0.15, 0.2) is 43.2 Å². The highest BCUT2D eigenvalue weighted by atomic mass is 32.2. The third-order valence-corrected chi connectivity index (χ3v) is 7.39. The molecule has 1 saturated heterocycles. The molecule has 5 heterocycles. The predicted molar refractivity (Wildman–Crippen MR) is 113 cm³/mol. The molecule has 4 aromatic heterocycles. The van der Waals surface area contributed by atoms with E-state index in [9.17, 15) is 26.7 Å². The van der Waals surface area contributed by atoms with E-state index in [1.54, 1.807) is 53.2 Å². The minimum Gasteiger partial charge on any atom is -0.396 e. The fraction of sp³-hybridized carbons (Fsp3) is 0.368. The normalized spacial score (nSPS) is 16.7. The number of imidazole rings is 1. The summed E-state index contributed by atoms with van der Waals surface area (Å²) in [4.78, 5) is 9.04. The average molecular weight is 496 g/mol. The summed E-state index contributed by atoms with van der Waals surface area (Å²) in [6, 6.07) is 1.80. The number of aryl methyl sites for hydroxylation is 1. The Balaban J connectivity index is 1.52. The van der Waals surface area contributed by atoms with Gasteiger partial charge in [-0.05, 0) is 6.42 Å². The molecule has 11 nitrogen and oxygen atoms in total. The number of hydrogen-bond donors (Lipinski definition) is 1. The summed E-state index contributed by atoms with van der Waals surface area (Å²) in [5.74, 6) is 0.485. The largest absolute Gasteiger partial charge is 0.511 e. The summed E-state index contributed by atoms with van der Waals surface area (Å²) in [5, 5.41) is 18.0. The van der Waals surface area contributed by atoms with Gasteiger partial charge in [-0.1, -0.05) is 0 Å². The highest BCUT2D eigenvalue weighted by Crippen LogP contribution is 2.39. The Morgan fingerprint density at radius 1 is 1.15 bits per heavy atom. The van der Waals surface area contributed by atoms with E-state index < -0.39 is 34.2 Å². The number of aliphatic hydroxyl groups excluding tert-OH is 1. The molecule has 0 unspecified atom stereocenters.